The number of hydrogen-bond donors (Lipinski definition) is 0. The summed E-state index contributed by atoms with van der Waals surface area (Å²) >= 11 is 0. The monoisotopic (exact) mass is 474 g/mol. The van der Waals surface area contributed by atoms with Crippen LogP contribution in [0.25, 0.3) is 0 Å². The van der Waals surface area contributed by atoms with Gasteiger partial charge in [0, 0.05) is 25.9 Å². The third-order valence-corrected chi connectivity index (χ3v) is 6.24. The zero-order valence-electron chi connectivity index (χ0n) is 18.5. The van der Waals surface area contributed by atoms with Crippen molar-refractivity contribution in [2.45, 2.75) is 51.7 Å². The van der Waals surface area contributed by atoms with E-state index in [0.29, 0.717) is 36.3 Å². The fourth-order valence-corrected chi connectivity index (χ4v) is 4.52. The Morgan fingerprint density at radius 3 is 2.59 bits per heavy atom. The lowest BCUT2D eigenvalue weighted by Gasteiger charge is -2.35. The van der Waals surface area contributed by atoms with Gasteiger partial charge < -0.3 is 14.2 Å². The van der Waals surface area contributed by atoms with Crippen molar-refractivity contribution in [1.29, 1.82) is 0 Å². The van der Waals surface area contributed by atoms with Crippen LogP contribution in [0, 0.1) is 24.4 Å². The largest absolute Gasteiger partial charge is 0.425 e. The number of nitrogens with zero attached hydrogens (tertiary/aromatic N) is 6. The second-order valence-electron chi connectivity index (χ2n) is 8.64. The number of carbonyl (C=O) groups is 2. The van der Waals surface area contributed by atoms with Gasteiger partial charge in [-0.15, -0.1) is 10.2 Å². The molecule has 3 aromatic rings. The minimum atomic E-state index is -1.57. The van der Waals surface area contributed by atoms with E-state index in [9.17, 15) is 22.8 Å². The molecule has 5 rings (SSSR count). The van der Waals surface area contributed by atoms with Crippen LogP contribution in [0.2, 0.25) is 0 Å². The van der Waals surface area contributed by atoms with Crippen molar-refractivity contribution in [2.24, 2.45) is 0 Å². The van der Waals surface area contributed by atoms with Gasteiger partial charge in [-0.1, -0.05) is 0 Å². The summed E-state index contributed by atoms with van der Waals surface area (Å²) in [5, 5.41) is 12.2. The quantitative estimate of drug-likeness (QED) is 0.539. The summed E-state index contributed by atoms with van der Waals surface area (Å²) in [6.07, 6.45) is 1.52. The first kappa shape index (κ1) is 22.1. The highest BCUT2D eigenvalue weighted by atomic mass is 19.2. The fraction of sp³-hybridized carbons (Fsp3) is 0.409. The summed E-state index contributed by atoms with van der Waals surface area (Å²) in [6, 6.07) is 1.40. The lowest BCUT2D eigenvalue weighted by Crippen LogP contribution is -2.46. The smallest absolute Gasteiger partial charge is 0.227 e. The van der Waals surface area contributed by atoms with Crippen molar-refractivity contribution in [3.05, 3.63) is 58.8 Å². The average Bonchev–Trinajstić information content (AvgIpc) is 3.49. The van der Waals surface area contributed by atoms with Crippen molar-refractivity contribution in [3.63, 3.8) is 0 Å². The normalized spacial score (nSPS) is 20.2. The topological polar surface area (TPSA) is 97.4 Å². The molecule has 2 aliphatic rings. The van der Waals surface area contributed by atoms with Gasteiger partial charge in [0.2, 0.25) is 23.6 Å². The van der Waals surface area contributed by atoms with E-state index in [1.807, 2.05) is 6.92 Å². The van der Waals surface area contributed by atoms with E-state index in [0.717, 1.165) is 12.1 Å². The predicted octanol–water partition coefficient (Wildman–Crippen LogP) is 2.49. The first-order valence-corrected chi connectivity index (χ1v) is 10.8. The van der Waals surface area contributed by atoms with E-state index >= 15 is 0 Å². The standard InChI is InChI=1S/C22H21F3N6O3/c1-11-8-31-18(10-29(11)19(32)5-13-3-15(23)21(25)16(24)4-13)17(7-26-31)30-9-14(6-20(30)33)22-28-27-12(2)34-22/h3-4,7,11,14H,5-6,8-10H2,1-2H3/t11-,14?/m0/s1. The first-order valence-electron chi connectivity index (χ1n) is 10.8. The van der Waals surface area contributed by atoms with Gasteiger partial charge >= 0.3 is 0 Å². The van der Waals surface area contributed by atoms with Crippen LogP contribution in [-0.2, 0) is 29.1 Å². The van der Waals surface area contributed by atoms with Crippen molar-refractivity contribution in [1.82, 2.24) is 24.9 Å². The highest BCUT2D eigenvalue weighted by Gasteiger charge is 2.38. The summed E-state index contributed by atoms with van der Waals surface area (Å²) in [5.74, 6) is -4.16. The fourth-order valence-electron chi connectivity index (χ4n) is 4.52. The third-order valence-electron chi connectivity index (χ3n) is 6.24. The Morgan fingerprint density at radius 2 is 1.91 bits per heavy atom. The number of amides is 2. The Kier molecular flexibility index (Phi) is 5.37. The number of carbonyl (C=O) groups excluding carboxylic acids is 2. The molecule has 34 heavy (non-hydrogen) atoms. The maximum Gasteiger partial charge on any atom is 0.227 e. The Balaban J connectivity index is 1.36. The molecule has 1 aromatic carbocycles. The molecule has 178 valence electrons. The molecule has 12 heteroatoms. The zero-order valence-corrected chi connectivity index (χ0v) is 18.5. The molecule has 2 amide bonds. The summed E-state index contributed by atoms with van der Waals surface area (Å²) in [6.45, 7) is 4.41. The molecular weight excluding hydrogens is 453 g/mol. The number of aryl methyl sites for hydroxylation is 1. The van der Waals surface area contributed by atoms with Gasteiger partial charge in [0.25, 0.3) is 0 Å². The Hall–Kier alpha value is -3.70. The van der Waals surface area contributed by atoms with E-state index in [1.165, 1.54) is 0 Å². The SMILES string of the molecule is Cc1nnc(C2CC(=O)N(c3cnn4c3CN(C(=O)Cc3cc(F)c(F)c(F)c3)[C@@H](C)C4)C2)o1. The van der Waals surface area contributed by atoms with Gasteiger partial charge in [-0.2, -0.15) is 5.10 Å². The van der Waals surface area contributed by atoms with Crippen LogP contribution in [0.1, 0.15) is 42.3 Å². The van der Waals surface area contributed by atoms with Gasteiger partial charge in [0.15, 0.2) is 17.5 Å². The maximum atomic E-state index is 13.6. The lowest BCUT2D eigenvalue weighted by molar-refractivity contribution is -0.134. The van der Waals surface area contributed by atoms with E-state index < -0.39 is 17.5 Å². The van der Waals surface area contributed by atoms with Gasteiger partial charge in [0.1, 0.15) is 0 Å². The molecule has 0 spiro atoms. The summed E-state index contributed by atoms with van der Waals surface area (Å²) < 4.78 is 47.6. The summed E-state index contributed by atoms with van der Waals surface area (Å²) in [7, 11) is 0. The molecule has 0 N–H and O–H groups in total. The van der Waals surface area contributed by atoms with Crippen LogP contribution in [-0.4, -0.2) is 49.3 Å². The van der Waals surface area contributed by atoms with E-state index in [1.54, 1.807) is 27.6 Å². The predicted molar refractivity (Wildman–Crippen MR) is 111 cm³/mol. The minimum Gasteiger partial charge on any atom is -0.425 e. The summed E-state index contributed by atoms with van der Waals surface area (Å²) in [4.78, 5) is 29.0. The third kappa shape index (κ3) is 3.82. The number of rotatable bonds is 4. The average molecular weight is 474 g/mol. The molecule has 9 nitrogen and oxygen atoms in total. The van der Waals surface area contributed by atoms with E-state index in [4.69, 9.17) is 4.42 Å². The van der Waals surface area contributed by atoms with Crippen molar-refractivity contribution in [2.75, 3.05) is 11.4 Å². The van der Waals surface area contributed by atoms with Crippen molar-refractivity contribution in [3.8, 4) is 0 Å². The van der Waals surface area contributed by atoms with E-state index in [2.05, 4.69) is 15.3 Å². The molecule has 0 bridgehead atoms. The molecule has 4 heterocycles. The Morgan fingerprint density at radius 1 is 1.18 bits per heavy atom. The van der Waals surface area contributed by atoms with Crippen LogP contribution < -0.4 is 4.90 Å². The van der Waals surface area contributed by atoms with E-state index in [-0.39, 0.29) is 48.7 Å². The highest BCUT2D eigenvalue weighted by Crippen LogP contribution is 2.35. The molecule has 0 saturated carbocycles. The van der Waals surface area contributed by atoms with Gasteiger partial charge in [0.05, 0.1) is 43.0 Å². The number of aromatic nitrogens is 4. The number of halogens is 3. The van der Waals surface area contributed by atoms with Crippen LogP contribution in [0.15, 0.2) is 22.7 Å². The highest BCUT2D eigenvalue weighted by molar-refractivity contribution is 5.96. The van der Waals surface area contributed by atoms with Gasteiger partial charge in [-0.05, 0) is 24.6 Å². The number of benzene rings is 1. The van der Waals surface area contributed by atoms with Crippen LogP contribution in [0.5, 0.6) is 0 Å². The Bertz CT molecular complexity index is 1270. The molecule has 0 radical (unpaired) electrons. The second kappa shape index (κ2) is 8.26. The molecule has 2 atom stereocenters. The van der Waals surface area contributed by atoms with Crippen LogP contribution in [0.3, 0.4) is 0 Å². The van der Waals surface area contributed by atoms with Crippen molar-refractivity contribution >= 4 is 17.5 Å². The van der Waals surface area contributed by atoms with Gasteiger partial charge in [-0.25, -0.2) is 13.2 Å². The Labute approximate surface area is 192 Å². The molecular formula is C22H21F3N6O3. The van der Waals surface area contributed by atoms with Crippen molar-refractivity contribution < 1.29 is 27.2 Å². The lowest BCUT2D eigenvalue weighted by atomic mass is 10.1. The molecule has 1 unspecified atom stereocenters. The first-order chi connectivity index (χ1) is 16.2. The molecule has 0 aliphatic carbocycles. The molecule has 1 fully saturated rings. The van der Waals surface area contributed by atoms with Gasteiger partial charge in [-0.3, -0.25) is 14.3 Å². The molecule has 2 aromatic heterocycles. The second-order valence-corrected chi connectivity index (χ2v) is 8.64. The number of anilines is 1. The van der Waals surface area contributed by atoms with Crippen LogP contribution in [0.4, 0.5) is 18.9 Å². The number of hydrogen-bond acceptors (Lipinski definition) is 6. The summed E-state index contributed by atoms with van der Waals surface area (Å²) in [5.41, 5.74) is 1.31. The zero-order chi connectivity index (χ0) is 24.1. The maximum absolute atomic E-state index is 13.6. The molecule has 1 saturated heterocycles. The minimum absolute atomic E-state index is 0.0420. The number of fused-ring (bicyclic) bond motifs is 1. The van der Waals surface area contributed by atoms with Crippen LogP contribution >= 0.6 is 0 Å². The molecule has 2 aliphatic heterocycles.